The third-order valence-corrected chi connectivity index (χ3v) is 3.72. The van der Waals surface area contributed by atoms with Crippen molar-refractivity contribution in [2.75, 3.05) is 5.73 Å². The number of aromatic nitrogens is 2. The summed E-state index contributed by atoms with van der Waals surface area (Å²) in [6.07, 6.45) is 3.54. The highest BCUT2D eigenvalue weighted by Gasteiger charge is 2.27. The van der Waals surface area contributed by atoms with Crippen LogP contribution in [0.2, 0.25) is 0 Å². The molecule has 94 valence electrons. The summed E-state index contributed by atoms with van der Waals surface area (Å²) in [5.41, 5.74) is 8.83. The minimum Gasteiger partial charge on any atom is -0.383 e. The zero-order chi connectivity index (χ0) is 12.7. The van der Waals surface area contributed by atoms with Crippen molar-refractivity contribution in [1.82, 2.24) is 9.78 Å². The van der Waals surface area contributed by atoms with Gasteiger partial charge in [-0.2, -0.15) is 5.10 Å². The van der Waals surface area contributed by atoms with Crippen LogP contribution >= 0.6 is 0 Å². The molecule has 3 rings (SSSR count). The molecule has 0 aliphatic heterocycles. The molecule has 2 aromatic rings. The van der Waals surface area contributed by atoms with Gasteiger partial charge in [-0.1, -0.05) is 18.6 Å². The maximum Gasteiger partial charge on any atom is 0.129 e. The van der Waals surface area contributed by atoms with Gasteiger partial charge in [-0.3, -0.25) is 4.68 Å². The van der Waals surface area contributed by atoms with E-state index in [0.717, 1.165) is 29.7 Å². The summed E-state index contributed by atoms with van der Waals surface area (Å²) < 4.78 is 15.0. The molecular weight excluding hydrogens is 229 g/mol. The van der Waals surface area contributed by atoms with Crippen LogP contribution in [0.25, 0.3) is 11.1 Å². The van der Waals surface area contributed by atoms with Crippen molar-refractivity contribution >= 4 is 5.82 Å². The number of rotatable bonds is 2. The SMILES string of the molecule is Cn1nc(C2CCC2)c(-c2cccc(F)c2)c1N. The first-order valence-electron chi connectivity index (χ1n) is 6.25. The van der Waals surface area contributed by atoms with Crippen LogP contribution in [0.4, 0.5) is 10.2 Å². The Balaban J connectivity index is 2.14. The predicted octanol–water partition coefficient (Wildman–Crippen LogP) is 3.08. The van der Waals surface area contributed by atoms with Crippen LogP contribution in [-0.4, -0.2) is 9.78 Å². The number of nitrogens with zero attached hydrogens (tertiary/aromatic N) is 2. The predicted molar refractivity (Wildman–Crippen MR) is 69.6 cm³/mol. The lowest BCUT2D eigenvalue weighted by Gasteiger charge is -2.24. The zero-order valence-corrected chi connectivity index (χ0v) is 10.4. The van der Waals surface area contributed by atoms with Gasteiger partial charge in [-0.15, -0.1) is 0 Å². The molecule has 3 nitrogen and oxygen atoms in total. The summed E-state index contributed by atoms with van der Waals surface area (Å²) in [5, 5.41) is 4.51. The van der Waals surface area contributed by atoms with Gasteiger partial charge in [-0.05, 0) is 30.5 Å². The second-order valence-corrected chi connectivity index (χ2v) is 4.91. The molecule has 1 aromatic heterocycles. The van der Waals surface area contributed by atoms with Crippen molar-refractivity contribution in [3.8, 4) is 11.1 Å². The van der Waals surface area contributed by atoms with E-state index in [0.29, 0.717) is 11.7 Å². The van der Waals surface area contributed by atoms with Crippen LogP contribution in [0.3, 0.4) is 0 Å². The lowest BCUT2D eigenvalue weighted by molar-refractivity contribution is 0.408. The van der Waals surface area contributed by atoms with Crippen LogP contribution < -0.4 is 5.73 Å². The minimum atomic E-state index is -0.240. The highest BCUT2D eigenvalue weighted by atomic mass is 19.1. The molecule has 18 heavy (non-hydrogen) atoms. The van der Waals surface area contributed by atoms with Gasteiger partial charge < -0.3 is 5.73 Å². The van der Waals surface area contributed by atoms with E-state index in [1.165, 1.54) is 18.6 Å². The Kier molecular flexibility index (Phi) is 2.58. The van der Waals surface area contributed by atoms with Gasteiger partial charge >= 0.3 is 0 Å². The van der Waals surface area contributed by atoms with E-state index in [4.69, 9.17) is 5.73 Å². The Morgan fingerprint density at radius 2 is 2.17 bits per heavy atom. The van der Waals surface area contributed by atoms with E-state index in [1.54, 1.807) is 10.7 Å². The Morgan fingerprint density at radius 1 is 1.39 bits per heavy atom. The van der Waals surface area contributed by atoms with Crippen LogP contribution in [0, 0.1) is 5.82 Å². The average Bonchev–Trinajstić information content (AvgIpc) is 2.53. The first-order chi connectivity index (χ1) is 8.66. The number of hydrogen-bond donors (Lipinski definition) is 1. The fourth-order valence-electron chi connectivity index (χ4n) is 2.47. The largest absolute Gasteiger partial charge is 0.383 e. The van der Waals surface area contributed by atoms with Gasteiger partial charge in [-0.25, -0.2) is 4.39 Å². The van der Waals surface area contributed by atoms with Crippen molar-refractivity contribution in [2.45, 2.75) is 25.2 Å². The number of anilines is 1. The monoisotopic (exact) mass is 245 g/mol. The molecule has 1 aliphatic carbocycles. The Morgan fingerprint density at radius 3 is 2.78 bits per heavy atom. The van der Waals surface area contributed by atoms with Gasteiger partial charge in [0.1, 0.15) is 11.6 Å². The highest BCUT2D eigenvalue weighted by Crippen LogP contribution is 2.42. The summed E-state index contributed by atoms with van der Waals surface area (Å²) >= 11 is 0. The maximum absolute atomic E-state index is 13.4. The normalized spacial score (nSPS) is 15.7. The Bertz CT molecular complexity index is 585. The molecule has 0 unspecified atom stereocenters. The third kappa shape index (κ3) is 1.68. The van der Waals surface area contributed by atoms with Crippen molar-refractivity contribution in [3.05, 3.63) is 35.8 Å². The number of nitrogen functional groups attached to an aromatic ring is 1. The summed E-state index contributed by atoms with van der Waals surface area (Å²) in [6, 6.07) is 6.56. The number of aryl methyl sites for hydroxylation is 1. The van der Waals surface area contributed by atoms with Crippen LogP contribution in [-0.2, 0) is 7.05 Å². The fourth-order valence-corrected chi connectivity index (χ4v) is 2.47. The van der Waals surface area contributed by atoms with E-state index in [9.17, 15) is 4.39 Å². The second-order valence-electron chi connectivity index (χ2n) is 4.91. The molecule has 0 atom stereocenters. The van der Waals surface area contributed by atoms with Gasteiger partial charge in [0.15, 0.2) is 0 Å². The van der Waals surface area contributed by atoms with E-state index < -0.39 is 0 Å². The Hall–Kier alpha value is -1.84. The molecule has 0 saturated heterocycles. The lowest BCUT2D eigenvalue weighted by atomic mass is 9.80. The number of nitrogens with two attached hydrogens (primary N) is 1. The van der Waals surface area contributed by atoms with Crippen LogP contribution in [0.5, 0.6) is 0 Å². The summed E-state index contributed by atoms with van der Waals surface area (Å²) in [7, 11) is 1.83. The molecule has 1 saturated carbocycles. The zero-order valence-electron chi connectivity index (χ0n) is 10.4. The third-order valence-electron chi connectivity index (χ3n) is 3.72. The summed E-state index contributed by atoms with van der Waals surface area (Å²) in [4.78, 5) is 0. The molecule has 4 heteroatoms. The molecule has 0 radical (unpaired) electrons. The van der Waals surface area contributed by atoms with E-state index in [2.05, 4.69) is 5.10 Å². The van der Waals surface area contributed by atoms with Crippen molar-refractivity contribution < 1.29 is 4.39 Å². The Labute approximate surface area is 105 Å². The molecular formula is C14H16FN3. The smallest absolute Gasteiger partial charge is 0.129 e. The quantitative estimate of drug-likeness (QED) is 0.883. The average molecular weight is 245 g/mol. The van der Waals surface area contributed by atoms with Gasteiger partial charge in [0.05, 0.1) is 5.69 Å². The standard InChI is InChI=1S/C14H16FN3/c1-18-14(16)12(10-6-3-7-11(15)8-10)13(17-18)9-4-2-5-9/h3,6-9H,2,4-5,16H2,1H3. The van der Waals surface area contributed by atoms with E-state index >= 15 is 0 Å². The number of benzene rings is 1. The van der Waals surface area contributed by atoms with E-state index in [1.807, 2.05) is 13.1 Å². The summed E-state index contributed by atoms with van der Waals surface area (Å²) in [6.45, 7) is 0. The summed E-state index contributed by atoms with van der Waals surface area (Å²) in [5.74, 6) is 0.851. The first-order valence-corrected chi connectivity index (χ1v) is 6.25. The fraction of sp³-hybridized carbons (Fsp3) is 0.357. The lowest BCUT2D eigenvalue weighted by Crippen LogP contribution is -2.10. The molecule has 1 heterocycles. The van der Waals surface area contributed by atoms with Crippen LogP contribution in [0.1, 0.15) is 30.9 Å². The van der Waals surface area contributed by atoms with E-state index in [-0.39, 0.29) is 5.82 Å². The molecule has 1 aromatic carbocycles. The molecule has 1 fully saturated rings. The van der Waals surface area contributed by atoms with Crippen molar-refractivity contribution in [2.24, 2.45) is 7.05 Å². The minimum absolute atomic E-state index is 0.240. The van der Waals surface area contributed by atoms with Gasteiger partial charge in [0, 0.05) is 18.5 Å². The molecule has 2 N–H and O–H groups in total. The second kappa shape index (κ2) is 4.12. The highest BCUT2D eigenvalue weighted by molar-refractivity contribution is 5.77. The van der Waals surface area contributed by atoms with Crippen molar-refractivity contribution in [1.29, 1.82) is 0 Å². The molecule has 0 bridgehead atoms. The van der Waals surface area contributed by atoms with Crippen molar-refractivity contribution in [3.63, 3.8) is 0 Å². The molecule has 0 amide bonds. The topological polar surface area (TPSA) is 43.8 Å². The molecule has 1 aliphatic rings. The first kappa shape index (κ1) is 11.3. The van der Waals surface area contributed by atoms with Gasteiger partial charge in [0.2, 0.25) is 0 Å². The maximum atomic E-state index is 13.4. The molecule has 0 spiro atoms. The van der Waals surface area contributed by atoms with Gasteiger partial charge in [0.25, 0.3) is 0 Å². The van der Waals surface area contributed by atoms with Crippen LogP contribution in [0.15, 0.2) is 24.3 Å². The number of hydrogen-bond acceptors (Lipinski definition) is 2. The number of halogens is 1.